The van der Waals surface area contributed by atoms with Gasteiger partial charge >= 0.3 is 0 Å². The molecule has 0 bridgehead atoms. The predicted molar refractivity (Wildman–Crippen MR) is 70.2 cm³/mol. The van der Waals surface area contributed by atoms with E-state index in [9.17, 15) is 8.42 Å². The summed E-state index contributed by atoms with van der Waals surface area (Å²) in [6.07, 6.45) is 4.47. The van der Waals surface area contributed by atoms with Crippen LogP contribution < -0.4 is 10.0 Å². The van der Waals surface area contributed by atoms with E-state index < -0.39 is 10.0 Å². The number of nitrogens with one attached hydrogen (secondary N) is 2. The zero-order chi connectivity index (χ0) is 13.9. The molecule has 8 nitrogen and oxygen atoms in total. The molecule has 9 heteroatoms. The summed E-state index contributed by atoms with van der Waals surface area (Å²) in [7, 11) is -0.0947. The minimum absolute atomic E-state index is 0.120. The van der Waals surface area contributed by atoms with E-state index in [1.807, 2.05) is 7.05 Å². The maximum Gasteiger partial charge on any atom is 0.266 e. The van der Waals surface area contributed by atoms with Crippen LogP contribution in [0.25, 0.3) is 0 Å². The molecular weight excluding hydrogens is 268 g/mol. The van der Waals surface area contributed by atoms with Gasteiger partial charge in [0.1, 0.15) is 4.90 Å². The van der Waals surface area contributed by atoms with Crippen LogP contribution in [0.5, 0.6) is 0 Å². The number of likely N-dealkylation sites (N-methyl/N-ethyl adjacent to an activating group) is 1. The molecule has 104 valence electrons. The second-order valence-electron chi connectivity index (χ2n) is 4.02. The molecule has 2 rings (SSSR count). The van der Waals surface area contributed by atoms with Gasteiger partial charge in [-0.3, -0.25) is 14.1 Å². The minimum atomic E-state index is -3.63. The fraction of sp³-hybridized carbons (Fsp3) is 0.400. The Kier molecular flexibility index (Phi) is 3.86. The Balaban J connectivity index is 2.13. The number of nitrogens with zero attached hydrogens (tertiary/aromatic N) is 4. The highest BCUT2D eigenvalue weighted by atomic mass is 32.2. The summed E-state index contributed by atoms with van der Waals surface area (Å²) < 4.78 is 29.6. The van der Waals surface area contributed by atoms with E-state index in [-0.39, 0.29) is 10.7 Å². The largest absolute Gasteiger partial charge is 0.318 e. The first-order chi connectivity index (χ1) is 9.01. The van der Waals surface area contributed by atoms with Gasteiger partial charge in [-0.15, -0.1) is 0 Å². The molecule has 0 fully saturated rings. The molecule has 0 amide bonds. The number of aryl methyl sites for hydroxylation is 1. The van der Waals surface area contributed by atoms with Crippen molar-refractivity contribution in [1.29, 1.82) is 0 Å². The van der Waals surface area contributed by atoms with Crippen molar-refractivity contribution in [2.24, 2.45) is 7.05 Å². The molecule has 19 heavy (non-hydrogen) atoms. The Morgan fingerprint density at radius 2 is 2.21 bits per heavy atom. The first-order valence-corrected chi connectivity index (χ1v) is 7.19. The van der Waals surface area contributed by atoms with Gasteiger partial charge < -0.3 is 5.32 Å². The first-order valence-electron chi connectivity index (χ1n) is 5.71. The average molecular weight is 284 g/mol. The third kappa shape index (κ3) is 3.32. The van der Waals surface area contributed by atoms with Gasteiger partial charge in [0.15, 0.2) is 5.82 Å². The van der Waals surface area contributed by atoms with E-state index >= 15 is 0 Å². The maximum absolute atomic E-state index is 12.1. The summed E-state index contributed by atoms with van der Waals surface area (Å²) in [5.41, 5.74) is 0. The second kappa shape index (κ2) is 5.41. The van der Waals surface area contributed by atoms with Crippen LogP contribution in [-0.4, -0.2) is 41.6 Å². The van der Waals surface area contributed by atoms with Crippen molar-refractivity contribution < 1.29 is 8.42 Å². The second-order valence-corrected chi connectivity index (χ2v) is 5.71. The van der Waals surface area contributed by atoms with Gasteiger partial charge in [-0.2, -0.15) is 10.2 Å². The number of aromatic nitrogens is 4. The molecule has 2 aromatic heterocycles. The number of anilines is 1. The molecule has 0 aliphatic rings. The Bertz CT molecular complexity index is 645. The van der Waals surface area contributed by atoms with Crippen LogP contribution in [-0.2, 0) is 23.6 Å². The Labute approximate surface area is 111 Å². The summed E-state index contributed by atoms with van der Waals surface area (Å²) in [6.45, 7) is 1.32. The summed E-state index contributed by atoms with van der Waals surface area (Å²) in [4.78, 5) is 0.120. The van der Waals surface area contributed by atoms with Crippen molar-refractivity contribution >= 4 is 15.8 Å². The lowest BCUT2D eigenvalue weighted by atomic mass is 10.6. The SMILES string of the molecule is CNCCn1cc(S(=O)(=O)Nc2ccn(C)n2)cn1. The monoisotopic (exact) mass is 284 g/mol. The third-order valence-electron chi connectivity index (χ3n) is 2.46. The quantitative estimate of drug-likeness (QED) is 0.755. The van der Waals surface area contributed by atoms with Crippen LogP contribution in [0.4, 0.5) is 5.82 Å². The molecule has 0 unspecified atom stereocenters. The molecule has 0 spiro atoms. The van der Waals surface area contributed by atoms with Crippen LogP contribution in [0.3, 0.4) is 0 Å². The number of sulfonamides is 1. The molecule has 2 N–H and O–H groups in total. The van der Waals surface area contributed by atoms with Gasteiger partial charge in [-0.05, 0) is 7.05 Å². The molecular formula is C10H16N6O2S. The summed E-state index contributed by atoms with van der Waals surface area (Å²) in [6, 6.07) is 1.59. The zero-order valence-corrected chi connectivity index (χ0v) is 11.6. The fourth-order valence-corrected chi connectivity index (χ4v) is 2.45. The van der Waals surface area contributed by atoms with Crippen molar-refractivity contribution in [3.63, 3.8) is 0 Å². The number of hydrogen-bond donors (Lipinski definition) is 2. The standard InChI is InChI=1S/C10H16N6O2S/c1-11-4-6-16-8-9(7-12-16)19(17,18)14-10-3-5-15(2)13-10/h3,5,7-8,11H,4,6H2,1-2H3,(H,13,14). The highest BCUT2D eigenvalue weighted by molar-refractivity contribution is 7.92. The molecule has 0 saturated heterocycles. The van der Waals surface area contributed by atoms with Gasteiger partial charge in [0.25, 0.3) is 10.0 Å². The van der Waals surface area contributed by atoms with E-state index in [2.05, 4.69) is 20.2 Å². The summed E-state index contributed by atoms with van der Waals surface area (Å²) in [5, 5.41) is 10.9. The summed E-state index contributed by atoms with van der Waals surface area (Å²) in [5.74, 6) is 0.283. The Morgan fingerprint density at radius 3 is 2.84 bits per heavy atom. The van der Waals surface area contributed by atoms with E-state index in [1.165, 1.54) is 17.1 Å². The topological polar surface area (TPSA) is 93.8 Å². The number of hydrogen-bond acceptors (Lipinski definition) is 5. The lowest BCUT2D eigenvalue weighted by Crippen LogP contribution is -2.15. The molecule has 2 heterocycles. The van der Waals surface area contributed by atoms with Crippen LogP contribution in [0.15, 0.2) is 29.6 Å². The molecule has 0 saturated carbocycles. The molecule has 0 radical (unpaired) electrons. The van der Waals surface area contributed by atoms with E-state index in [0.717, 1.165) is 6.54 Å². The van der Waals surface area contributed by atoms with Crippen molar-refractivity contribution in [3.8, 4) is 0 Å². The lowest BCUT2D eigenvalue weighted by molar-refractivity contribution is 0.582. The van der Waals surface area contributed by atoms with Crippen LogP contribution >= 0.6 is 0 Å². The van der Waals surface area contributed by atoms with Crippen molar-refractivity contribution in [2.75, 3.05) is 18.3 Å². The van der Waals surface area contributed by atoms with Crippen molar-refractivity contribution in [1.82, 2.24) is 24.9 Å². The Hall–Kier alpha value is -1.87. The molecule has 0 atom stereocenters. The molecule has 0 aliphatic carbocycles. The highest BCUT2D eigenvalue weighted by Gasteiger charge is 2.17. The van der Waals surface area contributed by atoms with Crippen LogP contribution in [0, 0.1) is 0 Å². The fourth-order valence-electron chi connectivity index (χ4n) is 1.50. The predicted octanol–water partition coefficient (Wildman–Crippen LogP) is -0.363. The van der Waals surface area contributed by atoms with Crippen LogP contribution in [0.2, 0.25) is 0 Å². The normalized spacial score (nSPS) is 11.7. The van der Waals surface area contributed by atoms with Gasteiger partial charge in [-0.1, -0.05) is 0 Å². The minimum Gasteiger partial charge on any atom is -0.318 e. The smallest absolute Gasteiger partial charge is 0.266 e. The van der Waals surface area contributed by atoms with Gasteiger partial charge in [0.05, 0.1) is 12.7 Å². The maximum atomic E-state index is 12.1. The lowest BCUT2D eigenvalue weighted by Gasteiger charge is -2.02. The number of rotatable bonds is 6. The van der Waals surface area contributed by atoms with Gasteiger partial charge in [0.2, 0.25) is 0 Å². The van der Waals surface area contributed by atoms with Crippen molar-refractivity contribution in [2.45, 2.75) is 11.4 Å². The first kappa shape index (κ1) is 13.6. The van der Waals surface area contributed by atoms with Crippen molar-refractivity contribution in [3.05, 3.63) is 24.7 Å². The third-order valence-corrected chi connectivity index (χ3v) is 3.77. The van der Waals surface area contributed by atoms with Gasteiger partial charge in [-0.25, -0.2) is 8.42 Å². The summed E-state index contributed by atoms with van der Waals surface area (Å²) >= 11 is 0. The molecule has 0 aliphatic heterocycles. The zero-order valence-electron chi connectivity index (χ0n) is 10.7. The molecule has 0 aromatic carbocycles. The van der Waals surface area contributed by atoms with E-state index in [4.69, 9.17) is 0 Å². The van der Waals surface area contributed by atoms with E-state index in [0.29, 0.717) is 6.54 Å². The average Bonchev–Trinajstić information content (AvgIpc) is 2.95. The highest BCUT2D eigenvalue weighted by Crippen LogP contribution is 2.13. The Morgan fingerprint density at radius 1 is 1.42 bits per heavy atom. The van der Waals surface area contributed by atoms with Gasteiger partial charge in [0, 0.05) is 32.1 Å². The molecule has 2 aromatic rings. The van der Waals surface area contributed by atoms with E-state index in [1.54, 1.807) is 24.0 Å². The van der Waals surface area contributed by atoms with Crippen LogP contribution in [0.1, 0.15) is 0 Å².